The lowest BCUT2D eigenvalue weighted by Crippen LogP contribution is -2.21. The van der Waals surface area contributed by atoms with Crippen LogP contribution in [0.4, 0.5) is 11.6 Å². The van der Waals surface area contributed by atoms with Crippen LogP contribution in [0, 0.1) is 0 Å². The van der Waals surface area contributed by atoms with Crippen molar-refractivity contribution < 1.29 is 4.79 Å². The van der Waals surface area contributed by atoms with E-state index < -0.39 is 0 Å². The molecule has 3 heterocycles. The van der Waals surface area contributed by atoms with E-state index in [1.165, 1.54) is 0 Å². The number of hydrogen-bond donors (Lipinski definition) is 2. The molecule has 0 saturated carbocycles. The normalized spacial score (nSPS) is 11.1. The summed E-state index contributed by atoms with van der Waals surface area (Å²) in [6, 6.07) is 11.1. The van der Waals surface area contributed by atoms with E-state index in [2.05, 4.69) is 35.8 Å². The van der Waals surface area contributed by atoms with Crippen LogP contribution in [-0.4, -0.2) is 63.0 Å². The third-order valence-electron chi connectivity index (χ3n) is 4.75. The van der Waals surface area contributed by atoms with Crippen molar-refractivity contribution in [3.63, 3.8) is 0 Å². The Bertz CT molecular complexity index is 1220. The molecule has 0 aliphatic rings. The van der Waals surface area contributed by atoms with Gasteiger partial charge in [-0.3, -0.25) is 9.48 Å². The number of aromatic nitrogens is 5. The van der Waals surface area contributed by atoms with E-state index in [1.54, 1.807) is 23.0 Å². The van der Waals surface area contributed by atoms with E-state index in [0.717, 1.165) is 35.1 Å². The second-order valence-corrected chi connectivity index (χ2v) is 7.52. The Labute approximate surface area is 180 Å². The van der Waals surface area contributed by atoms with Crippen LogP contribution in [0.1, 0.15) is 10.4 Å². The highest BCUT2D eigenvalue weighted by molar-refractivity contribution is 6.04. The fourth-order valence-corrected chi connectivity index (χ4v) is 3.12. The molecule has 0 unspecified atom stereocenters. The highest BCUT2D eigenvalue weighted by Crippen LogP contribution is 2.24. The van der Waals surface area contributed by atoms with Crippen molar-refractivity contribution in [1.29, 1.82) is 0 Å². The first-order valence-electron chi connectivity index (χ1n) is 9.90. The highest BCUT2D eigenvalue weighted by Gasteiger charge is 2.10. The Morgan fingerprint density at radius 1 is 1.06 bits per heavy atom. The summed E-state index contributed by atoms with van der Waals surface area (Å²) in [4.78, 5) is 19.1. The van der Waals surface area contributed by atoms with E-state index in [-0.39, 0.29) is 5.91 Å². The van der Waals surface area contributed by atoms with Crippen molar-refractivity contribution in [3.05, 3.63) is 60.6 Å². The zero-order valence-electron chi connectivity index (χ0n) is 17.7. The van der Waals surface area contributed by atoms with Gasteiger partial charge in [-0.1, -0.05) is 6.07 Å². The van der Waals surface area contributed by atoms with Crippen molar-refractivity contribution in [2.24, 2.45) is 7.05 Å². The molecule has 3 aromatic heterocycles. The number of amides is 1. The molecular formula is C22H24N8O. The highest BCUT2D eigenvalue weighted by atomic mass is 16.1. The van der Waals surface area contributed by atoms with Gasteiger partial charge in [-0.15, -0.1) is 10.2 Å². The van der Waals surface area contributed by atoms with E-state index in [0.29, 0.717) is 17.2 Å². The summed E-state index contributed by atoms with van der Waals surface area (Å²) in [6.07, 6.45) is 5.37. The molecule has 0 spiro atoms. The van der Waals surface area contributed by atoms with Crippen LogP contribution in [0.3, 0.4) is 0 Å². The van der Waals surface area contributed by atoms with Gasteiger partial charge in [0.2, 0.25) is 0 Å². The first-order chi connectivity index (χ1) is 15.0. The minimum absolute atomic E-state index is 0.268. The number of rotatable bonds is 7. The van der Waals surface area contributed by atoms with Crippen LogP contribution in [-0.2, 0) is 7.05 Å². The molecule has 9 heteroatoms. The summed E-state index contributed by atoms with van der Waals surface area (Å²) in [5.41, 5.74) is 3.28. The molecule has 2 N–H and O–H groups in total. The van der Waals surface area contributed by atoms with Crippen molar-refractivity contribution in [1.82, 2.24) is 29.9 Å². The molecule has 0 bridgehead atoms. The summed E-state index contributed by atoms with van der Waals surface area (Å²) in [6.45, 7) is 1.60. The number of benzene rings is 1. The van der Waals surface area contributed by atoms with Gasteiger partial charge in [0.15, 0.2) is 5.82 Å². The molecule has 1 amide bonds. The molecule has 0 atom stereocenters. The van der Waals surface area contributed by atoms with Gasteiger partial charge in [0.05, 0.1) is 11.7 Å². The van der Waals surface area contributed by atoms with Crippen LogP contribution in [0.15, 0.2) is 55.0 Å². The van der Waals surface area contributed by atoms with Crippen molar-refractivity contribution in [3.8, 4) is 11.1 Å². The van der Waals surface area contributed by atoms with Gasteiger partial charge in [0.25, 0.3) is 5.91 Å². The Morgan fingerprint density at radius 2 is 1.94 bits per heavy atom. The first-order valence-corrected chi connectivity index (χ1v) is 9.90. The molecule has 4 rings (SSSR count). The van der Waals surface area contributed by atoms with E-state index in [4.69, 9.17) is 0 Å². The SMILES string of the molecule is CN(C)CCNc1cc(C(=O)Nc2cc3cc(-c4cnn(C)c4)ccc3nn2)ccn1. The molecule has 4 aromatic rings. The molecule has 31 heavy (non-hydrogen) atoms. The molecule has 0 radical (unpaired) electrons. The maximum Gasteiger partial charge on any atom is 0.257 e. The number of pyridine rings is 1. The lowest BCUT2D eigenvalue weighted by molar-refractivity contribution is 0.102. The maximum absolute atomic E-state index is 12.7. The van der Waals surface area contributed by atoms with Crippen LogP contribution < -0.4 is 10.6 Å². The molecule has 0 aliphatic carbocycles. The molecule has 0 fully saturated rings. The van der Waals surface area contributed by atoms with E-state index >= 15 is 0 Å². The lowest BCUT2D eigenvalue weighted by atomic mass is 10.1. The molecule has 158 valence electrons. The Kier molecular flexibility index (Phi) is 5.85. The van der Waals surface area contributed by atoms with Crippen LogP contribution >= 0.6 is 0 Å². The number of aryl methyl sites for hydroxylation is 1. The quantitative estimate of drug-likeness (QED) is 0.478. The van der Waals surface area contributed by atoms with Crippen LogP contribution in [0.2, 0.25) is 0 Å². The number of hydrogen-bond acceptors (Lipinski definition) is 7. The Balaban J connectivity index is 1.50. The minimum atomic E-state index is -0.268. The number of fused-ring (bicyclic) bond motifs is 1. The van der Waals surface area contributed by atoms with Crippen molar-refractivity contribution in [2.75, 3.05) is 37.8 Å². The number of nitrogens with zero attached hydrogens (tertiary/aromatic N) is 6. The molecular weight excluding hydrogens is 392 g/mol. The minimum Gasteiger partial charge on any atom is -0.369 e. The number of likely N-dealkylation sites (N-methyl/N-ethyl adjacent to an activating group) is 1. The summed E-state index contributed by atoms with van der Waals surface area (Å²) < 4.78 is 1.76. The number of nitrogens with one attached hydrogen (secondary N) is 2. The Hall–Kier alpha value is -3.85. The summed E-state index contributed by atoms with van der Waals surface area (Å²) in [5, 5.41) is 19.5. The second kappa shape index (κ2) is 8.88. The van der Waals surface area contributed by atoms with Crippen LogP contribution in [0.5, 0.6) is 0 Å². The predicted molar refractivity (Wildman–Crippen MR) is 121 cm³/mol. The topological polar surface area (TPSA) is 101 Å². The van der Waals surface area contributed by atoms with Crippen molar-refractivity contribution in [2.45, 2.75) is 0 Å². The number of carbonyl (C=O) groups is 1. The predicted octanol–water partition coefficient (Wildman–Crippen LogP) is 2.65. The third-order valence-corrected chi connectivity index (χ3v) is 4.75. The van der Waals surface area contributed by atoms with Gasteiger partial charge >= 0.3 is 0 Å². The van der Waals surface area contributed by atoms with E-state index in [9.17, 15) is 4.79 Å². The average Bonchev–Trinajstić information content (AvgIpc) is 3.19. The van der Waals surface area contributed by atoms with E-state index in [1.807, 2.05) is 57.8 Å². The summed E-state index contributed by atoms with van der Waals surface area (Å²) >= 11 is 0. The second-order valence-electron chi connectivity index (χ2n) is 7.52. The Morgan fingerprint density at radius 3 is 2.71 bits per heavy atom. The number of anilines is 2. The zero-order valence-corrected chi connectivity index (χ0v) is 17.7. The average molecular weight is 416 g/mol. The smallest absolute Gasteiger partial charge is 0.257 e. The summed E-state index contributed by atoms with van der Waals surface area (Å²) in [5.74, 6) is 0.773. The van der Waals surface area contributed by atoms with Gasteiger partial charge < -0.3 is 15.5 Å². The molecule has 0 aliphatic heterocycles. The van der Waals surface area contributed by atoms with Gasteiger partial charge in [0.1, 0.15) is 5.82 Å². The number of carbonyl (C=O) groups excluding carboxylic acids is 1. The fourth-order valence-electron chi connectivity index (χ4n) is 3.12. The monoisotopic (exact) mass is 416 g/mol. The fraction of sp³-hybridized carbons (Fsp3) is 0.227. The molecule has 9 nitrogen and oxygen atoms in total. The molecule has 1 aromatic carbocycles. The van der Waals surface area contributed by atoms with Crippen LogP contribution in [0.25, 0.3) is 22.0 Å². The van der Waals surface area contributed by atoms with Gasteiger partial charge in [-0.25, -0.2) is 4.98 Å². The first kappa shape index (κ1) is 20.4. The lowest BCUT2D eigenvalue weighted by Gasteiger charge is -2.11. The van der Waals surface area contributed by atoms with Gasteiger partial charge in [-0.2, -0.15) is 5.10 Å². The van der Waals surface area contributed by atoms with Gasteiger partial charge in [0, 0.05) is 49.0 Å². The molecule has 0 saturated heterocycles. The van der Waals surface area contributed by atoms with Gasteiger partial charge in [-0.05, 0) is 50.0 Å². The largest absolute Gasteiger partial charge is 0.369 e. The third kappa shape index (κ3) is 5.01. The summed E-state index contributed by atoms with van der Waals surface area (Å²) in [7, 11) is 5.89. The van der Waals surface area contributed by atoms with Crippen molar-refractivity contribution >= 4 is 28.4 Å². The standard InChI is InChI=1S/C22H24N8O/c1-29(2)9-8-24-20-11-16(6-7-23-20)22(31)26-21-12-17-10-15(4-5-19(17)27-28-21)18-13-25-30(3)14-18/h4-7,10-14H,8-9H2,1-3H3,(H,23,24)(H,26,28,31). The maximum atomic E-state index is 12.7. The zero-order chi connectivity index (χ0) is 21.8.